The van der Waals surface area contributed by atoms with Crippen molar-refractivity contribution in [1.82, 2.24) is 10.3 Å². The Morgan fingerprint density at radius 1 is 1.35 bits per heavy atom. The van der Waals surface area contributed by atoms with Crippen molar-refractivity contribution < 1.29 is 0 Å². The molecule has 3 nitrogen and oxygen atoms in total. The lowest BCUT2D eigenvalue weighted by atomic mass is 9.94. The van der Waals surface area contributed by atoms with Crippen molar-refractivity contribution in [2.75, 3.05) is 11.9 Å². The van der Waals surface area contributed by atoms with Crippen LogP contribution in [0, 0.1) is 0 Å². The van der Waals surface area contributed by atoms with Crippen molar-refractivity contribution in [3.05, 3.63) is 22.8 Å². The molecular formula is C16H26ClN3. The van der Waals surface area contributed by atoms with Crippen LogP contribution < -0.4 is 10.2 Å². The van der Waals surface area contributed by atoms with Gasteiger partial charge in [0.05, 0.1) is 5.02 Å². The third-order valence-electron chi connectivity index (χ3n) is 4.10. The maximum Gasteiger partial charge on any atom is 0.128 e. The highest BCUT2D eigenvalue weighted by Gasteiger charge is 2.19. The number of nitrogens with one attached hydrogen (secondary N) is 1. The molecule has 1 N–H and O–H groups in total. The minimum atomic E-state index is 0.457. The molecular weight excluding hydrogens is 270 g/mol. The average molecular weight is 296 g/mol. The van der Waals surface area contributed by atoms with Gasteiger partial charge in [0.1, 0.15) is 5.82 Å². The normalized spacial score (nSPS) is 16.6. The van der Waals surface area contributed by atoms with Crippen molar-refractivity contribution in [3.63, 3.8) is 0 Å². The largest absolute Gasteiger partial charge is 0.357 e. The van der Waals surface area contributed by atoms with E-state index in [1.54, 1.807) is 6.20 Å². The van der Waals surface area contributed by atoms with E-state index in [0.717, 1.165) is 22.9 Å². The maximum absolute atomic E-state index is 6.25. The molecule has 1 aromatic rings. The number of aromatic nitrogens is 1. The van der Waals surface area contributed by atoms with Crippen molar-refractivity contribution in [1.29, 1.82) is 0 Å². The third-order valence-corrected chi connectivity index (χ3v) is 4.45. The van der Waals surface area contributed by atoms with Crippen molar-refractivity contribution >= 4 is 17.4 Å². The zero-order chi connectivity index (χ0) is 14.5. The van der Waals surface area contributed by atoms with E-state index in [9.17, 15) is 0 Å². The molecule has 0 aromatic carbocycles. The number of anilines is 1. The summed E-state index contributed by atoms with van der Waals surface area (Å²) in [7, 11) is 2.16. The molecule has 1 aromatic heterocycles. The molecule has 112 valence electrons. The number of hydrogen-bond donors (Lipinski definition) is 1. The zero-order valence-corrected chi connectivity index (χ0v) is 13.6. The molecule has 1 heterocycles. The molecule has 0 amide bonds. The van der Waals surface area contributed by atoms with Gasteiger partial charge in [-0.25, -0.2) is 4.98 Å². The average Bonchev–Trinajstić information content (AvgIpc) is 2.46. The van der Waals surface area contributed by atoms with Crippen molar-refractivity contribution in [3.8, 4) is 0 Å². The number of nitrogens with zero attached hydrogens (tertiary/aromatic N) is 2. The highest BCUT2D eigenvalue weighted by atomic mass is 35.5. The van der Waals surface area contributed by atoms with Crippen molar-refractivity contribution in [2.24, 2.45) is 0 Å². The van der Waals surface area contributed by atoms with Crippen LogP contribution in [-0.4, -0.2) is 24.1 Å². The summed E-state index contributed by atoms with van der Waals surface area (Å²) in [5, 5.41) is 4.17. The van der Waals surface area contributed by atoms with E-state index in [-0.39, 0.29) is 0 Å². The molecule has 0 bridgehead atoms. The van der Waals surface area contributed by atoms with E-state index in [0.29, 0.717) is 12.1 Å². The summed E-state index contributed by atoms with van der Waals surface area (Å²) in [6, 6.07) is 3.22. The van der Waals surface area contributed by atoms with Crippen LogP contribution in [0.3, 0.4) is 0 Å². The smallest absolute Gasteiger partial charge is 0.128 e. The molecule has 0 unspecified atom stereocenters. The molecule has 0 atom stereocenters. The fourth-order valence-corrected chi connectivity index (χ4v) is 2.94. The second kappa shape index (κ2) is 7.28. The van der Waals surface area contributed by atoms with Gasteiger partial charge in [-0.1, -0.05) is 44.7 Å². The van der Waals surface area contributed by atoms with Crippen LogP contribution in [0.25, 0.3) is 0 Å². The van der Waals surface area contributed by atoms with E-state index in [4.69, 9.17) is 11.6 Å². The molecule has 1 saturated carbocycles. The Balaban J connectivity index is 2.08. The summed E-state index contributed by atoms with van der Waals surface area (Å²) in [6.07, 6.45) is 8.39. The van der Waals surface area contributed by atoms with Gasteiger partial charge in [0, 0.05) is 31.9 Å². The monoisotopic (exact) mass is 295 g/mol. The molecule has 0 radical (unpaired) electrons. The highest BCUT2D eigenvalue weighted by molar-refractivity contribution is 6.31. The minimum absolute atomic E-state index is 0.457. The Morgan fingerprint density at radius 2 is 2.05 bits per heavy atom. The van der Waals surface area contributed by atoms with Gasteiger partial charge in [-0.15, -0.1) is 0 Å². The molecule has 1 aliphatic carbocycles. The highest BCUT2D eigenvalue weighted by Crippen LogP contribution is 2.27. The van der Waals surface area contributed by atoms with E-state index in [2.05, 4.69) is 42.2 Å². The van der Waals surface area contributed by atoms with Gasteiger partial charge >= 0.3 is 0 Å². The van der Waals surface area contributed by atoms with E-state index in [1.807, 2.05) is 0 Å². The molecule has 2 rings (SSSR count). The summed E-state index contributed by atoms with van der Waals surface area (Å²) in [6.45, 7) is 5.08. The molecule has 0 saturated heterocycles. The second-order valence-electron chi connectivity index (χ2n) is 6.07. The first-order valence-electron chi connectivity index (χ1n) is 7.68. The standard InChI is InChI=1S/C16H26ClN3/c1-12(2)18-10-13-9-16(19-11-15(13)17)20(3)14-7-5-4-6-8-14/h9,11-12,14,18H,4-8,10H2,1-3H3. The first-order chi connectivity index (χ1) is 9.58. The molecule has 20 heavy (non-hydrogen) atoms. The lowest BCUT2D eigenvalue weighted by Gasteiger charge is -2.32. The lowest BCUT2D eigenvalue weighted by Crippen LogP contribution is -2.34. The summed E-state index contributed by atoms with van der Waals surface area (Å²) in [4.78, 5) is 6.84. The second-order valence-corrected chi connectivity index (χ2v) is 6.48. The van der Waals surface area contributed by atoms with Crippen LogP contribution in [-0.2, 0) is 6.54 Å². The van der Waals surface area contributed by atoms with Gasteiger partial charge in [-0.05, 0) is 24.5 Å². The Bertz CT molecular complexity index is 428. The van der Waals surface area contributed by atoms with Crippen LogP contribution >= 0.6 is 11.6 Å². The number of rotatable bonds is 5. The van der Waals surface area contributed by atoms with Crippen LogP contribution in [0.2, 0.25) is 5.02 Å². The van der Waals surface area contributed by atoms with Gasteiger partial charge in [0.15, 0.2) is 0 Å². The zero-order valence-electron chi connectivity index (χ0n) is 12.8. The predicted molar refractivity (Wildman–Crippen MR) is 86.5 cm³/mol. The first-order valence-corrected chi connectivity index (χ1v) is 8.06. The number of hydrogen-bond acceptors (Lipinski definition) is 3. The Hall–Kier alpha value is -0.800. The molecule has 0 spiro atoms. The quantitative estimate of drug-likeness (QED) is 0.890. The van der Waals surface area contributed by atoms with Gasteiger partial charge in [-0.2, -0.15) is 0 Å². The third kappa shape index (κ3) is 4.10. The van der Waals surface area contributed by atoms with Crippen LogP contribution in [0.4, 0.5) is 5.82 Å². The maximum atomic E-state index is 6.25. The van der Waals surface area contributed by atoms with Crippen LogP contribution in [0.15, 0.2) is 12.3 Å². The molecule has 4 heteroatoms. The van der Waals surface area contributed by atoms with Gasteiger partial charge in [0.25, 0.3) is 0 Å². The van der Waals surface area contributed by atoms with Gasteiger partial charge in [-0.3, -0.25) is 0 Å². The number of pyridine rings is 1. The molecule has 0 aliphatic heterocycles. The fraction of sp³-hybridized carbons (Fsp3) is 0.688. The summed E-state index contributed by atoms with van der Waals surface area (Å²) in [5.74, 6) is 1.04. The fourth-order valence-electron chi connectivity index (χ4n) is 2.77. The first kappa shape index (κ1) is 15.6. The Labute approximate surface area is 127 Å². The predicted octanol–water partition coefficient (Wildman–Crippen LogP) is 4.00. The lowest BCUT2D eigenvalue weighted by molar-refractivity contribution is 0.426. The topological polar surface area (TPSA) is 28.2 Å². The summed E-state index contributed by atoms with van der Waals surface area (Å²) in [5.41, 5.74) is 1.13. The van der Waals surface area contributed by atoms with Crippen LogP contribution in [0.5, 0.6) is 0 Å². The summed E-state index contributed by atoms with van der Waals surface area (Å²) < 4.78 is 0. The van der Waals surface area contributed by atoms with E-state index in [1.165, 1.54) is 32.1 Å². The molecule has 1 fully saturated rings. The van der Waals surface area contributed by atoms with Gasteiger partial charge < -0.3 is 10.2 Å². The minimum Gasteiger partial charge on any atom is -0.357 e. The van der Waals surface area contributed by atoms with E-state index >= 15 is 0 Å². The summed E-state index contributed by atoms with van der Waals surface area (Å²) >= 11 is 6.25. The SMILES string of the molecule is CC(C)NCc1cc(N(C)C2CCCCC2)ncc1Cl. The Kier molecular flexibility index (Phi) is 5.67. The van der Waals surface area contributed by atoms with Crippen molar-refractivity contribution in [2.45, 2.75) is 64.6 Å². The number of halogens is 1. The molecule has 1 aliphatic rings. The van der Waals surface area contributed by atoms with Gasteiger partial charge in [0.2, 0.25) is 0 Å². The van der Waals surface area contributed by atoms with E-state index < -0.39 is 0 Å². The Morgan fingerprint density at radius 3 is 2.70 bits per heavy atom. The van der Waals surface area contributed by atoms with Crippen LogP contribution in [0.1, 0.15) is 51.5 Å².